The maximum absolute atomic E-state index is 11.9. The predicted molar refractivity (Wildman–Crippen MR) is 64.6 cm³/mol. The Bertz CT molecular complexity index is 311. The normalized spacial score (nSPS) is 25.2. The second-order valence-electron chi connectivity index (χ2n) is 5.15. The van der Waals surface area contributed by atoms with E-state index in [0.717, 1.165) is 6.42 Å². The summed E-state index contributed by atoms with van der Waals surface area (Å²) in [4.78, 5) is 0. The quantitative estimate of drug-likeness (QED) is 0.793. The summed E-state index contributed by atoms with van der Waals surface area (Å²) in [6, 6.07) is 0. The second-order valence-corrected chi connectivity index (χ2v) is 7.23. The van der Waals surface area contributed by atoms with Crippen molar-refractivity contribution in [3.05, 3.63) is 0 Å². The molecule has 0 bridgehead atoms. The van der Waals surface area contributed by atoms with E-state index < -0.39 is 16.1 Å². The molecule has 1 rings (SSSR count). The number of aliphatic hydroxyl groups is 1. The number of rotatable bonds is 5. The van der Waals surface area contributed by atoms with Gasteiger partial charge in [0.25, 0.3) is 0 Å². The highest BCUT2D eigenvalue weighted by Gasteiger charge is 2.32. The molecular formula is C11H23NO3S. The fourth-order valence-corrected chi connectivity index (χ4v) is 3.74. The van der Waals surface area contributed by atoms with E-state index in [1.165, 1.54) is 4.31 Å². The average Bonchev–Trinajstić information content (AvgIpc) is 2.64. The van der Waals surface area contributed by atoms with Gasteiger partial charge in [0.2, 0.25) is 10.0 Å². The molecule has 0 aromatic carbocycles. The van der Waals surface area contributed by atoms with Gasteiger partial charge in [-0.3, -0.25) is 0 Å². The third kappa shape index (κ3) is 3.71. The van der Waals surface area contributed by atoms with E-state index in [9.17, 15) is 13.5 Å². The van der Waals surface area contributed by atoms with Gasteiger partial charge < -0.3 is 5.11 Å². The molecule has 2 atom stereocenters. The van der Waals surface area contributed by atoms with Crippen LogP contribution in [0.25, 0.3) is 0 Å². The lowest BCUT2D eigenvalue weighted by atomic mass is 10.0. The summed E-state index contributed by atoms with van der Waals surface area (Å²) < 4.78 is 25.4. The van der Waals surface area contributed by atoms with Gasteiger partial charge in [0.1, 0.15) is 0 Å². The first-order valence-electron chi connectivity index (χ1n) is 5.99. The lowest BCUT2D eigenvalue weighted by molar-refractivity contribution is 0.133. The van der Waals surface area contributed by atoms with E-state index >= 15 is 0 Å². The summed E-state index contributed by atoms with van der Waals surface area (Å²) in [5, 5.41) is 9.43. The fraction of sp³-hybridized carbons (Fsp3) is 1.00. The third-order valence-corrected chi connectivity index (χ3v) is 5.09. The maximum atomic E-state index is 11.9. The Hall–Kier alpha value is -0.130. The number of hydrogen-bond donors (Lipinski definition) is 1. The molecule has 5 heteroatoms. The highest BCUT2D eigenvalue weighted by atomic mass is 32.2. The van der Waals surface area contributed by atoms with Crippen LogP contribution in [0.4, 0.5) is 0 Å². The number of sulfonamides is 1. The molecule has 0 radical (unpaired) electrons. The van der Waals surface area contributed by atoms with Gasteiger partial charge in [-0.25, -0.2) is 12.7 Å². The van der Waals surface area contributed by atoms with E-state index in [-0.39, 0.29) is 11.7 Å². The van der Waals surface area contributed by atoms with Crippen LogP contribution in [0, 0.1) is 11.8 Å². The Morgan fingerprint density at radius 2 is 2.00 bits per heavy atom. The van der Waals surface area contributed by atoms with Crippen LogP contribution in [0.15, 0.2) is 0 Å². The molecule has 2 unspecified atom stereocenters. The van der Waals surface area contributed by atoms with Crippen molar-refractivity contribution < 1.29 is 13.5 Å². The molecule has 1 aliphatic heterocycles. The smallest absolute Gasteiger partial charge is 0.214 e. The van der Waals surface area contributed by atoms with Crippen LogP contribution in [0.1, 0.15) is 33.6 Å². The van der Waals surface area contributed by atoms with Gasteiger partial charge in [0, 0.05) is 13.1 Å². The van der Waals surface area contributed by atoms with Gasteiger partial charge in [0.05, 0.1) is 11.9 Å². The maximum Gasteiger partial charge on any atom is 0.214 e. The molecule has 16 heavy (non-hydrogen) atoms. The van der Waals surface area contributed by atoms with Gasteiger partial charge in [-0.05, 0) is 31.6 Å². The highest BCUT2D eigenvalue weighted by Crippen LogP contribution is 2.23. The molecule has 0 amide bonds. The summed E-state index contributed by atoms with van der Waals surface area (Å²) in [7, 11) is -3.10. The first kappa shape index (κ1) is 13.9. The molecule has 1 N–H and O–H groups in total. The first-order chi connectivity index (χ1) is 7.33. The Kier molecular flexibility index (Phi) is 4.76. The van der Waals surface area contributed by atoms with Gasteiger partial charge in [-0.15, -0.1) is 0 Å². The van der Waals surface area contributed by atoms with Crippen LogP contribution in [0.2, 0.25) is 0 Å². The average molecular weight is 249 g/mol. The molecule has 0 saturated carbocycles. The topological polar surface area (TPSA) is 57.6 Å². The molecule has 0 aliphatic carbocycles. The Balaban J connectivity index is 2.52. The molecule has 0 aromatic heterocycles. The largest absolute Gasteiger partial charge is 0.393 e. The van der Waals surface area contributed by atoms with Gasteiger partial charge in [-0.1, -0.05) is 13.8 Å². The SMILES string of the molecule is CC(C)CCS(=O)(=O)N1CCC(C(C)O)C1. The van der Waals surface area contributed by atoms with Gasteiger partial charge in [-0.2, -0.15) is 0 Å². The minimum Gasteiger partial charge on any atom is -0.393 e. The second kappa shape index (κ2) is 5.47. The van der Waals surface area contributed by atoms with Gasteiger partial charge in [0.15, 0.2) is 0 Å². The van der Waals surface area contributed by atoms with Crippen LogP contribution < -0.4 is 0 Å². The zero-order valence-corrected chi connectivity index (χ0v) is 11.2. The predicted octanol–water partition coefficient (Wildman–Crippen LogP) is 1.06. The molecule has 96 valence electrons. The summed E-state index contributed by atoms with van der Waals surface area (Å²) in [5.74, 6) is 0.746. The van der Waals surface area contributed by atoms with E-state index in [2.05, 4.69) is 0 Å². The van der Waals surface area contributed by atoms with Crippen molar-refractivity contribution in [1.29, 1.82) is 0 Å². The lowest BCUT2D eigenvalue weighted by Crippen LogP contribution is -2.32. The molecule has 1 fully saturated rings. The van der Waals surface area contributed by atoms with E-state index in [1.807, 2.05) is 13.8 Å². The van der Waals surface area contributed by atoms with E-state index in [1.54, 1.807) is 6.92 Å². The molecule has 0 aromatic rings. The Labute approximate surface area is 98.7 Å². The summed E-state index contributed by atoms with van der Waals surface area (Å²) in [5.41, 5.74) is 0. The third-order valence-electron chi connectivity index (χ3n) is 3.22. The lowest BCUT2D eigenvalue weighted by Gasteiger charge is -2.18. The monoisotopic (exact) mass is 249 g/mol. The number of aliphatic hydroxyl groups excluding tert-OH is 1. The standard InChI is InChI=1S/C11H23NO3S/c1-9(2)5-7-16(14,15)12-6-4-11(8-12)10(3)13/h9-11,13H,4-8H2,1-3H3. The molecule has 4 nitrogen and oxygen atoms in total. The van der Waals surface area contributed by atoms with Crippen LogP contribution in [0.5, 0.6) is 0 Å². The zero-order valence-electron chi connectivity index (χ0n) is 10.4. The van der Waals surface area contributed by atoms with Gasteiger partial charge >= 0.3 is 0 Å². The van der Waals surface area contributed by atoms with E-state index in [0.29, 0.717) is 25.4 Å². The van der Waals surface area contributed by atoms with E-state index in [4.69, 9.17) is 0 Å². The van der Waals surface area contributed by atoms with Crippen molar-refractivity contribution in [2.45, 2.75) is 39.7 Å². The number of nitrogens with zero attached hydrogens (tertiary/aromatic N) is 1. The van der Waals surface area contributed by atoms with Crippen LogP contribution in [0.3, 0.4) is 0 Å². The fourth-order valence-electron chi connectivity index (χ4n) is 1.91. The number of hydrogen-bond acceptors (Lipinski definition) is 3. The van der Waals surface area contributed by atoms with Crippen LogP contribution in [-0.4, -0.2) is 42.8 Å². The summed E-state index contributed by atoms with van der Waals surface area (Å²) in [6.07, 6.45) is 1.07. The Morgan fingerprint density at radius 3 is 2.44 bits per heavy atom. The van der Waals surface area contributed by atoms with Crippen LogP contribution in [-0.2, 0) is 10.0 Å². The van der Waals surface area contributed by atoms with Crippen molar-refractivity contribution in [3.8, 4) is 0 Å². The first-order valence-corrected chi connectivity index (χ1v) is 7.59. The van der Waals surface area contributed by atoms with Crippen molar-refractivity contribution >= 4 is 10.0 Å². The molecule has 1 heterocycles. The summed E-state index contributed by atoms with van der Waals surface area (Å²) >= 11 is 0. The minimum absolute atomic E-state index is 0.105. The summed E-state index contributed by atoms with van der Waals surface area (Å²) in [6.45, 7) is 6.83. The van der Waals surface area contributed by atoms with Crippen molar-refractivity contribution in [3.63, 3.8) is 0 Å². The van der Waals surface area contributed by atoms with Crippen LogP contribution >= 0.6 is 0 Å². The Morgan fingerprint density at radius 1 is 1.38 bits per heavy atom. The molecule has 0 spiro atoms. The molecule has 1 aliphatic rings. The molecular weight excluding hydrogens is 226 g/mol. The van der Waals surface area contributed by atoms with Crippen molar-refractivity contribution in [2.75, 3.05) is 18.8 Å². The minimum atomic E-state index is -3.10. The highest BCUT2D eigenvalue weighted by molar-refractivity contribution is 7.89. The van der Waals surface area contributed by atoms with Crippen molar-refractivity contribution in [1.82, 2.24) is 4.31 Å². The van der Waals surface area contributed by atoms with Crippen molar-refractivity contribution in [2.24, 2.45) is 11.8 Å². The zero-order chi connectivity index (χ0) is 12.3. The molecule has 1 saturated heterocycles.